The van der Waals surface area contributed by atoms with Crippen molar-refractivity contribution >= 4 is 23.2 Å². The van der Waals surface area contributed by atoms with E-state index in [2.05, 4.69) is 0 Å². The highest BCUT2D eigenvalue weighted by molar-refractivity contribution is 6.34. The Morgan fingerprint density at radius 3 is 1.75 bits per heavy atom. The molecule has 0 unspecified atom stereocenters. The fourth-order valence-corrected chi connectivity index (χ4v) is 3.21. The van der Waals surface area contributed by atoms with Gasteiger partial charge in [0.1, 0.15) is 30.8 Å². The number of rotatable bonds is 8. The van der Waals surface area contributed by atoms with Gasteiger partial charge in [-0.1, -0.05) is 12.1 Å². The smallest absolute Gasteiger partial charge is 0.269 e. The van der Waals surface area contributed by atoms with Gasteiger partial charge in [0, 0.05) is 12.1 Å². The number of nitrogens with zero attached hydrogens (tertiary/aromatic N) is 2. The van der Waals surface area contributed by atoms with Crippen LogP contribution < -0.4 is 14.4 Å². The number of imide groups is 1. The van der Waals surface area contributed by atoms with E-state index < -0.39 is 11.0 Å². The standard InChI is InChI=1S/C23H18N2O7/c26-17(14-32-19-11-7-16(8-12-19)25(29)30)13-31-18-9-5-15(6-10-18)24-22(27)20-3-1-2-4-21(20)23(24)28/h1-12,17,26H,13-14H2/t17-/m1/s1. The van der Waals surface area contributed by atoms with Crippen molar-refractivity contribution < 1.29 is 29.1 Å². The molecule has 1 aliphatic heterocycles. The van der Waals surface area contributed by atoms with E-state index in [1.165, 1.54) is 24.3 Å². The summed E-state index contributed by atoms with van der Waals surface area (Å²) in [4.78, 5) is 36.3. The van der Waals surface area contributed by atoms with E-state index in [0.29, 0.717) is 28.3 Å². The summed E-state index contributed by atoms with van der Waals surface area (Å²) in [7, 11) is 0. The topological polar surface area (TPSA) is 119 Å². The van der Waals surface area contributed by atoms with E-state index >= 15 is 0 Å². The van der Waals surface area contributed by atoms with Crippen molar-refractivity contribution in [2.24, 2.45) is 0 Å². The summed E-state index contributed by atoms with van der Waals surface area (Å²) in [6.45, 7) is -0.121. The first-order chi connectivity index (χ1) is 15.4. The molecule has 3 aromatic rings. The van der Waals surface area contributed by atoms with Crippen LogP contribution in [0, 0.1) is 10.1 Å². The Balaban J connectivity index is 1.30. The van der Waals surface area contributed by atoms with Gasteiger partial charge >= 0.3 is 0 Å². The predicted octanol–water partition coefficient (Wildman–Crippen LogP) is 3.21. The molecule has 1 atom stereocenters. The van der Waals surface area contributed by atoms with Crippen LogP contribution in [-0.4, -0.2) is 41.2 Å². The number of carbonyl (C=O) groups is 2. The molecule has 9 heteroatoms. The molecule has 4 rings (SSSR count). The van der Waals surface area contributed by atoms with Crippen LogP contribution in [0.25, 0.3) is 0 Å². The lowest BCUT2D eigenvalue weighted by Crippen LogP contribution is -2.29. The van der Waals surface area contributed by atoms with Crippen molar-refractivity contribution in [3.63, 3.8) is 0 Å². The van der Waals surface area contributed by atoms with E-state index in [-0.39, 0.29) is 30.7 Å². The minimum atomic E-state index is -0.943. The van der Waals surface area contributed by atoms with Gasteiger partial charge in [0.05, 0.1) is 21.7 Å². The minimum Gasteiger partial charge on any atom is -0.491 e. The van der Waals surface area contributed by atoms with Gasteiger partial charge in [-0.15, -0.1) is 0 Å². The third kappa shape index (κ3) is 4.28. The van der Waals surface area contributed by atoms with Crippen molar-refractivity contribution in [1.82, 2.24) is 0 Å². The number of benzene rings is 3. The second-order valence-corrected chi connectivity index (χ2v) is 7.01. The molecule has 9 nitrogen and oxygen atoms in total. The predicted molar refractivity (Wildman–Crippen MR) is 114 cm³/mol. The maximum Gasteiger partial charge on any atom is 0.269 e. The van der Waals surface area contributed by atoms with Gasteiger partial charge in [-0.2, -0.15) is 0 Å². The van der Waals surface area contributed by atoms with E-state index in [1.54, 1.807) is 48.5 Å². The van der Waals surface area contributed by atoms with Gasteiger partial charge < -0.3 is 14.6 Å². The van der Waals surface area contributed by atoms with Crippen LogP contribution in [0.15, 0.2) is 72.8 Å². The van der Waals surface area contributed by atoms with Crippen LogP contribution in [0.1, 0.15) is 20.7 Å². The molecule has 0 radical (unpaired) electrons. The fraction of sp³-hybridized carbons (Fsp3) is 0.130. The van der Waals surface area contributed by atoms with Crippen molar-refractivity contribution in [1.29, 1.82) is 0 Å². The number of anilines is 1. The zero-order chi connectivity index (χ0) is 22.7. The molecule has 0 bridgehead atoms. The molecule has 2 amide bonds. The molecular weight excluding hydrogens is 416 g/mol. The van der Waals surface area contributed by atoms with Gasteiger partial charge in [-0.25, -0.2) is 4.90 Å². The number of amides is 2. The van der Waals surface area contributed by atoms with Gasteiger partial charge in [-0.3, -0.25) is 19.7 Å². The molecule has 1 aliphatic rings. The highest BCUT2D eigenvalue weighted by Gasteiger charge is 2.36. The first-order valence-electron chi connectivity index (χ1n) is 9.70. The van der Waals surface area contributed by atoms with Crippen LogP contribution in [0.5, 0.6) is 11.5 Å². The number of fused-ring (bicyclic) bond motifs is 1. The largest absolute Gasteiger partial charge is 0.491 e. The van der Waals surface area contributed by atoms with Crippen molar-refractivity contribution in [2.75, 3.05) is 18.1 Å². The summed E-state index contributed by atoms with van der Waals surface area (Å²) in [5.74, 6) is 0.0795. The highest BCUT2D eigenvalue weighted by atomic mass is 16.6. The average molecular weight is 434 g/mol. The maximum absolute atomic E-state index is 12.5. The molecule has 32 heavy (non-hydrogen) atoms. The normalized spacial score (nSPS) is 13.6. The van der Waals surface area contributed by atoms with Gasteiger partial charge in [0.2, 0.25) is 0 Å². The molecule has 1 N–H and O–H groups in total. The molecule has 0 spiro atoms. The molecule has 0 saturated heterocycles. The Labute approximate surface area is 182 Å². The lowest BCUT2D eigenvalue weighted by Gasteiger charge is -2.16. The number of carbonyl (C=O) groups excluding carboxylic acids is 2. The Bertz CT molecular complexity index is 1120. The van der Waals surface area contributed by atoms with Crippen LogP contribution in [0.3, 0.4) is 0 Å². The summed E-state index contributed by atoms with van der Waals surface area (Å²) in [5.41, 5.74) is 1.11. The van der Waals surface area contributed by atoms with E-state index in [0.717, 1.165) is 4.90 Å². The minimum absolute atomic E-state index is 0.0501. The number of non-ortho nitro benzene ring substituents is 1. The highest BCUT2D eigenvalue weighted by Crippen LogP contribution is 2.29. The second-order valence-electron chi connectivity index (χ2n) is 7.01. The Morgan fingerprint density at radius 1 is 0.812 bits per heavy atom. The second kappa shape index (κ2) is 8.86. The summed E-state index contributed by atoms with van der Waals surface area (Å²) < 4.78 is 10.9. The summed E-state index contributed by atoms with van der Waals surface area (Å²) in [6.07, 6.45) is -0.943. The third-order valence-electron chi connectivity index (χ3n) is 4.82. The quantitative estimate of drug-likeness (QED) is 0.328. The number of aliphatic hydroxyl groups is 1. The van der Waals surface area contributed by atoms with Crippen LogP contribution in [0.4, 0.5) is 11.4 Å². The number of nitro groups is 1. The summed E-state index contributed by atoms with van der Waals surface area (Å²) in [5, 5.41) is 20.7. The van der Waals surface area contributed by atoms with Gasteiger partial charge in [-0.05, 0) is 48.5 Å². The number of aliphatic hydroxyl groups excluding tert-OH is 1. The molecule has 1 heterocycles. The number of ether oxygens (including phenoxy) is 2. The van der Waals surface area contributed by atoms with Crippen LogP contribution in [0.2, 0.25) is 0 Å². The van der Waals surface area contributed by atoms with Gasteiger partial charge in [0.15, 0.2) is 0 Å². The lowest BCUT2D eigenvalue weighted by atomic mass is 10.1. The zero-order valence-electron chi connectivity index (χ0n) is 16.7. The van der Waals surface area contributed by atoms with E-state index in [1.807, 2.05) is 0 Å². The molecule has 0 fully saturated rings. The Hall–Kier alpha value is -4.24. The van der Waals surface area contributed by atoms with E-state index in [4.69, 9.17) is 9.47 Å². The Kier molecular flexibility index (Phi) is 5.82. The SMILES string of the molecule is O=C1c2ccccc2C(=O)N1c1ccc(OC[C@@H](O)COc2ccc([N+](=O)[O-])cc2)cc1. The summed E-state index contributed by atoms with van der Waals surface area (Å²) in [6, 6.07) is 18.6. The van der Waals surface area contributed by atoms with Gasteiger partial charge in [0.25, 0.3) is 17.5 Å². The van der Waals surface area contributed by atoms with Crippen LogP contribution in [-0.2, 0) is 0 Å². The molecular formula is C23H18N2O7. The monoisotopic (exact) mass is 434 g/mol. The maximum atomic E-state index is 12.5. The zero-order valence-corrected chi connectivity index (χ0v) is 16.7. The molecule has 162 valence electrons. The molecule has 0 aromatic heterocycles. The summed E-state index contributed by atoms with van der Waals surface area (Å²) >= 11 is 0. The molecule has 0 aliphatic carbocycles. The first kappa shape index (κ1) is 21.0. The fourth-order valence-electron chi connectivity index (χ4n) is 3.21. The number of hydrogen-bond acceptors (Lipinski definition) is 7. The number of nitro benzene ring substituents is 1. The average Bonchev–Trinajstić information content (AvgIpc) is 3.07. The molecule has 3 aromatic carbocycles. The third-order valence-corrected chi connectivity index (χ3v) is 4.82. The Morgan fingerprint density at radius 2 is 1.28 bits per heavy atom. The molecule has 0 saturated carbocycles. The first-order valence-corrected chi connectivity index (χ1v) is 9.70. The van der Waals surface area contributed by atoms with Crippen molar-refractivity contribution in [3.8, 4) is 11.5 Å². The van der Waals surface area contributed by atoms with E-state index in [9.17, 15) is 24.8 Å². The van der Waals surface area contributed by atoms with Crippen molar-refractivity contribution in [3.05, 3.63) is 94.0 Å². The van der Waals surface area contributed by atoms with Crippen LogP contribution >= 0.6 is 0 Å². The van der Waals surface area contributed by atoms with Crippen molar-refractivity contribution in [2.45, 2.75) is 6.10 Å². The lowest BCUT2D eigenvalue weighted by molar-refractivity contribution is -0.384. The number of hydrogen-bond donors (Lipinski definition) is 1.